The van der Waals surface area contributed by atoms with Crippen LogP contribution in [0.5, 0.6) is 0 Å². The van der Waals surface area contributed by atoms with Gasteiger partial charge in [0.05, 0.1) is 0 Å². The molecule has 13 aromatic rings. The summed E-state index contributed by atoms with van der Waals surface area (Å²) < 4.78 is 0. The van der Waals surface area contributed by atoms with Crippen molar-refractivity contribution in [1.29, 1.82) is 0 Å². The summed E-state index contributed by atoms with van der Waals surface area (Å²) in [4.78, 5) is 0. The number of nitrogens with two attached hydrogens (primary N) is 2. The van der Waals surface area contributed by atoms with Crippen molar-refractivity contribution in [2.75, 3.05) is 11.5 Å². The van der Waals surface area contributed by atoms with Crippen molar-refractivity contribution in [2.45, 2.75) is 37.5 Å². The minimum atomic E-state index is -0.000119. The Hall–Kier alpha value is -10.0. The number of hydrogen-bond donors (Lipinski definition) is 2. The van der Waals surface area contributed by atoms with Crippen LogP contribution >= 0.6 is 0 Å². The molecule has 0 saturated carbocycles. The van der Waals surface area contributed by atoms with Gasteiger partial charge in [-0.15, -0.1) is 0 Å². The minimum Gasteiger partial charge on any atom is -0.399 e. The maximum atomic E-state index is 7.01. The highest BCUT2D eigenvalue weighted by Gasteiger charge is 2.25. The number of allylic oxidation sites excluding steroid dienone is 4. The number of rotatable bonds is 14. The van der Waals surface area contributed by atoms with Crippen LogP contribution in [0.25, 0.3) is 93.5 Å². The zero-order valence-electron chi connectivity index (χ0n) is 45.9. The molecule has 13 aromatic carbocycles. The highest BCUT2D eigenvalue weighted by Crippen LogP contribution is 2.46. The Morgan fingerprint density at radius 3 is 1.27 bits per heavy atom. The molecular formula is C80H62N2. The van der Waals surface area contributed by atoms with E-state index in [2.05, 4.69) is 273 Å². The second kappa shape index (κ2) is 21.9. The average molecular weight is 1050 g/mol. The second-order valence-electron chi connectivity index (χ2n) is 22.2. The van der Waals surface area contributed by atoms with Crippen LogP contribution in [0.4, 0.5) is 11.4 Å². The molecule has 0 aliphatic heterocycles. The van der Waals surface area contributed by atoms with E-state index in [1.807, 2.05) is 18.2 Å². The average Bonchev–Trinajstić information content (AvgIpc) is 3.73. The largest absolute Gasteiger partial charge is 0.399 e. The van der Waals surface area contributed by atoms with E-state index in [0.717, 1.165) is 48.2 Å². The Balaban J connectivity index is 0.853. The summed E-state index contributed by atoms with van der Waals surface area (Å²) in [5, 5.41) is 7.58. The first kappa shape index (κ1) is 50.2. The normalized spacial score (nSPS) is 13.1. The van der Waals surface area contributed by atoms with Gasteiger partial charge in [0, 0.05) is 23.2 Å². The summed E-state index contributed by atoms with van der Waals surface area (Å²) in [5.41, 5.74) is 37.5. The molecule has 2 heteroatoms. The molecule has 14 rings (SSSR count). The fourth-order valence-corrected chi connectivity index (χ4v) is 13.0. The molecule has 1 aliphatic carbocycles. The predicted molar refractivity (Wildman–Crippen MR) is 349 cm³/mol. The Kier molecular flexibility index (Phi) is 13.4. The van der Waals surface area contributed by atoms with E-state index in [1.165, 1.54) is 121 Å². The van der Waals surface area contributed by atoms with E-state index >= 15 is 0 Å². The summed E-state index contributed by atoms with van der Waals surface area (Å²) in [5.74, 6) is 0.0203. The molecule has 0 heterocycles. The van der Waals surface area contributed by atoms with E-state index in [-0.39, 0.29) is 11.8 Å². The lowest BCUT2D eigenvalue weighted by molar-refractivity contribution is 0.814. The van der Waals surface area contributed by atoms with Gasteiger partial charge in [-0.05, 0) is 207 Å². The van der Waals surface area contributed by atoms with Crippen LogP contribution in [0.3, 0.4) is 0 Å². The van der Waals surface area contributed by atoms with Gasteiger partial charge in [0.15, 0.2) is 0 Å². The molecular weight excluding hydrogens is 989 g/mol. The highest BCUT2D eigenvalue weighted by molar-refractivity contribution is 6.24. The molecule has 2 atom stereocenters. The molecule has 0 fully saturated rings. The number of benzene rings is 13. The zero-order valence-corrected chi connectivity index (χ0v) is 45.9. The van der Waals surface area contributed by atoms with E-state index in [9.17, 15) is 0 Å². The van der Waals surface area contributed by atoms with Crippen molar-refractivity contribution in [3.8, 4) is 55.6 Å². The SMILES string of the molecule is Nc1ccccc1CC(c1ccc(-c2cc(-c3ccccc3)cc(-c3ccccc3)c2)cc1)c1ccc2ccc3c(C(Cc4ccc(-c5cc(C6=CC=CCC6)cc(-c6ccccc6)c5)cc4)c4ccccc4N)ccc4ccc1c2c43. The van der Waals surface area contributed by atoms with Gasteiger partial charge in [0.2, 0.25) is 0 Å². The maximum Gasteiger partial charge on any atom is 0.0352 e. The van der Waals surface area contributed by atoms with Gasteiger partial charge < -0.3 is 11.5 Å². The van der Waals surface area contributed by atoms with Crippen LogP contribution in [-0.2, 0) is 12.8 Å². The second-order valence-corrected chi connectivity index (χ2v) is 22.2. The molecule has 82 heavy (non-hydrogen) atoms. The van der Waals surface area contributed by atoms with E-state index in [4.69, 9.17) is 11.5 Å². The van der Waals surface area contributed by atoms with Crippen LogP contribution in [0.15, 0.2) is 291 Å². The van der Waals surface area contributed by atoms with Gasteiger partial charge in [-0.1, -0.05) is 243 Å². The van der Waals surface area contributed by atoms with Gasteiger partial charge in [-0.25, -0.2) is 0 Å². The van der Waals surface area contributed by atoms with Crippen molar-refractivity contribution < 1.29 is 0 Å². The van der Waals surface area contributed by atoms with Crippen molar-refractivity contribution in [2.24, 2.45) is 0 Å². The van der Waals surface area contributed by atoms with Crippen molar-refractivity contribution >= 4 is 49.3 Å². The van der Waals surface area contributed by atoms with Crippen molar-refractivity contribution in [3.63, 3.8) is 0 Å². The van der Waals surface area contributed by atoms with Gasteiger partial charge in [0.1, 0.15) is 0 Å². The Labute approximate surface area is 481 Å². The summed E-state index contributed by atoms with van der Waals surface area (Å²) in [6.45, 7) is 0. The topological polar surface area (TPSA) is 52.0 Å². The zero-order chi connectivity index (χ0) is 54.9. The number of hydrogen-bond acceptors (Lipinski definition) is 2. The molecule has 2 unspecified atom stereocenters. The van der Waals surface area contributed by atoms with E-state index < -0.39 is 0 Å². The van der Waals surface area contributed by atoms with Crippen LogP contribution in [-0.4, -0.2) is 0 Å². The van der Waals surface area contributed by atoms with Crippen LogP contribution in [0.1, 0.15) is 63.6 Å². The van der Waals surface area contributed by atoms with Gasteiger partial charge in [-0.3, -0.25) is 0 Å². The van der Waals surface area contributed by atoms with Crippen LogP contribution in [0, 0.1) is 0 Å². The quantitative estimate of drug-likeness (QED) is 0.0842. The lowest BCUT2D eigenvalue weighted by Crippen LogP contribution is -2.09. The lowest BCUT2D eigenvalue weighted by Gasteiger charge is -2.25. The van der Waals surface area contributed by atoms with Crippen molar-refractivity contribution in [3.05, 3.63) is 330 Å². The Bertz CT molecular complexity index is 4440. The molecule has 0 radical (unpaired) electrons. The van der Waals surface area contributed by atoms with Crippen molar-refractivity contribution in [1.82, 2.24) is 0 Å². The molecule has 0 aromatic heterocycles. The van der Waals surface area contributed by atoms with E-state index in [0.29, 0.717) is 0 Å². The van der Waals surface area contributed by atoms with Gasteiger partial charge in [-0.2, -0.15) is 0 Å². The molecule has 2 nitrogen and oxygen atoms in total. The first-order chi connectivity index (χ1) is 40.5. The van der Waals surface area contributed by atoms with Gasteiger partial charge >= 0.3 is 0 Å². The summed E-state index contributed by atoms with van der Waals surface area (Å²) in [6, 6.07) is 100. The summed E-state index contributed by atoms with van der Waals surface area (Å²) in [6.07, 6.45) is 10.4. The molecule has 0 amide bonds. The minimum absolute atomic E-state index is 0.000119. The smallest absolute Gasteiger partial charge is 0.0352 e. The highest BCUT2D eigenvalue weighted by atomic mass is 14.6. The third-order valence-corrected chi connectivity index (χ3v) is 17.3. The van der Waals surface area contributed by atoms with Crippen LogP contribution < -0.4 is 11.5 Å². The first-order valence-corrected chi connectivity index (χ1v) is 28.9. The first-order valence-electron chi connectivity index (χ1n) is 28.9. The third-order valence-electron chi connectivity index (χ3n) is 17.3. The maximum absolute atomic E-state index is 7.01. The van der Waals surface area contributed by atoms with Crippen LogP contribution in [0.2, 0.25) is 0 Å². The monoisotopic (exact) mass is 1050 g/mol. The van der Waals surface area contributed by atoms with E-state index in [1.54, 1.807) is 0 Å². The lowest BCUT2D eigenvalue weighted by atomic mass is 9.79. The molecule has 0 spiro atoms. The standard InChI is InChI=1S/C80H62N2/c81-77-27-15-13-25-63(77)52-75(60-35-33-59(34-36-60)69-50-66(56-21-9-3-10-22-56)47-67(51-69)57-23-11-4-12-24-57)70-41-37-61-40-44-74-71(42-38-62-39-43-73(70)79(61)80(62)74)76(72-26-14-16-28-78(72)82)45-53-29-31-58(32-30-53)68-48-64(54-17-5-1-6-18-54)46-65(49-68)55-19-7-2-8-20-55/h1-7,9-19,21-44,46-51,75-76H,8,20,45,52,81-82H2. The number of para-hydroxylation sites is 2. The predicted octanol–water partition coefficient (Wildman–Crippen LogP) is 20.6. The Morgan fingerprint density at radius 1 is 0.329 bits per heavy atom. The molecule has 0 saturated heterocycles. The fourth-order valence-electron chi connectivity index (χ4n) is 13.0. The molecule has 1 aliphatic rings. The molecule has 392 valence electrons. The Morgan fingerprint density at radius 2 is 0.768 bits per heavy atom. The molecule has 0 bridgehead atoms. The molecule has 4 N–H and O–H groups in total. The number of nitrogen functional groups attached to an aromatic ring is 2. The summed E-state index contributed by atoms with van der Waals surface area (Å²) >= 11 is 0. The fraction of sp³-hybridized carbons (Fsp3) is 0.0750. The summed E-state index contributed by atoms with van der Waals surface area (Å²) in [7, 11) is 0. The van der Waals surface area contributed by atoms with Gasteiger partial charge in [0.25, 0.3) is 0 Å². The third kappa shape index (κ3) is 9.84. The number of anilines is 2.